The molecule has 2 rings (SSSR count). The van der Waals surface area contributed by atoms with E-state index in [4.69, 9.17) is 0 Å². The van der Waals surface area contributed by atoms with Crippen LogP contribution in [0.1, 0.15) is 36.7 Å². The van der Waals surface area contributed by atoms with Crippen LogP contribution < -0.4 is 4.90 Å². The highest BCUT2D eigenvalue weighted by Gasteiger charge is 2.22. The maximum absolute atomic E-state index is 10.8. The first-order valence-electron chi connectivity index (χ1n) is 5.35. The number of hydrogen-bond acceptors (Lipinski definition) is 4. The van der Waals surface area contributed by atoms with Gasteiger partial charge in [-0.05, 0) is 26.2 Å². The molecule has 1 aromatic rings. The number of anilines is 1. The van der Waals surface area contributed by atoms with Crippen LogP contribution in [0.5, 0.6) is 0 Å². The molecule has 4 nitrogen and oxygen atoms in total. The lowest BCUT2D eigenvalue weighted by atomic mass is 10.0. The Kier molecular flexibility index (Phi) is 2.94. The summed E-state index contributed by atoms with van der Waals surface area (Å²) in [5.74, 6) is 0.736. The van der Waals surface area contributed by atoms with Crippen LogP contribution >= 0.6 is 0 Å². The highest BCUT2D eigenvalue weighted by Crippen LogP contribution is 2.23. The summed E-state index contributed by atoms with van der Waals surface area (Å²) in [6, 6.07) is 0.453. The Bertz CT molecular complexity index is 353. The van der Waals surface area contributed by atoms with Gasteiger partial charge in [0.05, 0.1) is 0 Å². The third kappa shape index (κ3) is 1.98. The second-order valence-corrected chi connectivity index (χ2v) is 3.92. The van der Waals surface area contributed by atoms with E-state index in [0.717, 1.165) is 25.1 Å². The lowest BCUT2D eigenvalue weighted by Gasteiger charge is -2.34. The van der Waals surface area contributed by atoms with Gasteiger partial charge in [0.1, 0.15) is 5.69 Å². The van der Waals surface area contributed by atoms with Gasteiger partial charge in [-0.15, -0.1) is 0 Å². The molecule has 1 aliphatic rings. The lowest BCUT2D eigenvalue weighted by molar-refractivity contribution is 0.111. The van der Waals surface area contributed by atoms with Crippen LogP contribution in [-0.4, -0.2) is 28.8 Å². The van der Waals surface area contributed by atoms with Crippen LogP contribution in [0.15, 0.2) is 12.4 Å². The molecule has 4 heteroatoms. The van der Waals surface area contributed by atoms with Crippen molar-refractivity contribution in [1.29, 1.82) is 0 Å². The molecule has 0 N–H and O–H groups in total. The highest BCUT2D eigenvalue weighted by molar-refractivity contribution is 5.79. The zero-order chi connectivity index (χ0) is 10.7. The summed E-state index contributed by atoms with van der Waals surface area (Å²) in [7, 11) is 0. The number of rotatable bonds is 2. The molecule has 0 spiro atoms. The summed E-state index contributed by atoms with van der Waals surface area (Å²) in [5, 5.41) is 0. The van der Waals surface area contributed by atoms with Gasteiger partial charge >= 0.3 is 0 Å². The predicted molar refractivity (Wildman–Crippen MR) is 58.1 cm³/mol. The smallest absolute Gasteiger partial charge is 0.172 e. The van der Waals surface area contributed by atoms with Crippen molar-refractivity contribution in [2.24, 2.45) is 0 Å². The maximum Gasteiger partial charge on any atom is 0.172 e. The maximum atomic E-state index is 10.8. The minimum absolute atomic E-state index is 0.450. The Morgan fingerprint density at radius 1 is 1.40 bits per heavy atom. The van der Waals surface area contributed by atoms with E-state index >= 15 is 0 Å². The average molecular weight is 205 g/mol. The van der Waals surface area contributed by atoms with Gasteiger partial charge in [0, 0.05) is 25.0 Å². The molecule has 1 aliphatic heterocycles. The van der Waals surface area contributed by atoms with E-state index in [1.165, 1.54) is 12.8 Å². The molecule has 1 saturated heterocycles. The first-order valence-corrected chi connectivity index (χ1v) is 5.35. The largest absolute Gasteiger partial charge is 0.352 e. The molecule has 1 fully saturated rings. The fourth-order valence-electron chi connectivity index (χ4n) is 2.06. The van der Waals surface area contributed by atoms with Gasteiger partial charge in [-0.25, -0.2) is 9.97 Å². The highest BCUT2D eigenvalue weighted by atomic mass is 16.1. The second kappa shape index (κ2) is 4.38. The number of aldehydes is 1. The molecule has 0 amide bonds. The van der Waals surface area contributed by atoms with Crippen molar-refractivity contribution in [1.82, 2.24) is 9.97 Å². The summed E-state index contributed by atoms with van der Waals surface area (Å²) < 4.78 is 0. The second-order valence-electron chi connectivity index (χ2n) is 3.92. The molecule has 1 unspecified atom stereocenters. The Labute approximate surface area is 89.3 Å². The Hall–Kier alpha value is -1.45. The third-order valence-corrected chi connectivity index (χ3v) is 2.89. The molecule has 1 aromatic heterocycles. The van der Waals surface area contributed by atoms with E-state index in [-0.39, 0.29) is 0 Å². The fourth-order valence-corrected chi connectivity index (χ4v) is 2.06. The van der Waals surface area contributed by atoms with Crippen molar-refractivity contribution < 1.29 is 4.79 Å². The molecule has 0 aromatic carbocycles. The van der Waals surface area contributed by atoms with Gasteiger partial charge in [-0.1, -0.05) is 0 Å². The lowest BCUT2D eigenvalue weighted by Crippen LogP contribution is -2.38. The van der Waals surface area contributed by atoms with E-state index in [1.807, 2.05) is 0 Å². The van der Waals surface area contributed by atoms with Crippen LogP contribution in [0, 0.1) is 0 Å². The van der Waals surface area contributed by atoms with Crippen molar-refractivity contribution in [2.75, 3.05) is 11.4 Å². The van der Waals surface area contributed by atoms with Gasteiger partial charge in [0.2, 0.25) is 0 Å². The molecule has 2 heterocycles. The molecule has 0 saturated carbocycles. The number of carbonyl (C=O) groups excluding carboxylic acids is 1. The van der Waals surface area contributed by atoms with Crippen molar-refractivity contribution in [2.45, 2.75) is 32.2 Å². The minimum Gasteiger partial charge on any atom is -0.352 e. The van der Waals surface area contributed by atoms with E-state index in [0.29, 0.717) is 11.7 Å². The molecule has 0 bridgehead atoms. The summed E-state index contributed by atoms with van der Waals surface area (Å²) in [5.41, 5.74) is 0.450. The summed E-state index contributed by atoms with van der Waals surface area (Å²) in [6.07, 6.45) is 7.57. The van der Waals surface area contributed by atoms with Crippen LogP contribution in [0.4, 0.5) is 5.82 Å². The van der Waals surface area contributed by atoms with E-state index in [2.05, 4.69) is 21.8 Å². The number of nitrogens with zero attached hydrogens (tertiary/aromatic N) is 3. The van der Waals surface area contributed by atoms with Gasteiger partial charge in [-0.3, -0.25) is 4.79 Å². The number of carbonyl (C=O) groups is 1. The quantitative estimate of drug-likeness (QED) is 0.689. The van der Waals surface area contributed by atoms with Crippen molar-refractivity contribution in [3.05, 3.63) is 18.1 Å². The van der Waals surface area contributed by atoms with Crippen molar-refractivity contribution in [3.63, 3.8) is 0 Å². The predicted octanol–water partition coefficient (Wildman–Crippen LogP) is 1.67. The van der Waals surface area contributed by atoms with Gasteiger partial charge in [0.25, 0.3) is 0 Å². The molecule has 1 atom stereocenters. The zero-order valence-corrected chi connectivity index (χ0v) is 8.89. The van der Waals surface area contributed by atoms with Gasteiger partial charge < -0.3 is 4.90 Å². The third-order valence-electron chi connectivity index (χ3n) is 2.89. The Balaban J connectivity index is 2.30. The van der Waals surface area contributed by atoms with Gasteiger partial charge in [-0.2, -0.15) is 0 Å². The van der Waals surface area contributed by atoms with Crippen molar-refractivity contribution in [3.8, 4) is 0 Å². The molecule has 0 aliphatic carbocycles. The van der Waals surface area contributed by atoms with Crippen LogP contribution in [-0.2, 0) is 0 Å². The minimum atomic E-state index is 0.450. The monoisotopic (exact) mass is 205 g/mol. The summed E-state index contributed by atoms with van der Waals surface area (Å²) >= 11 is 0. The summed E-state index contributed by atoms with van der Waals surface area (Å²) in [6.45, 7) is 3.14. The normalized spacial score (nSPS) is 21.4. The first kappa shape index (κ1) is 10.1. The standard InChI is InChI=1S/C11H15N3O/c1-9-4-2-3-7-14(9)11-10(8-15)12-5-6-13-11/h5-6,8-9H,2-4,7H2,1H3. The fraction of sp³-hybridized carbons (Fsp3) is 0.545. The number of aromatic nitrogens is 2. The summed E-state index contributed by atoms with van der Waals surface area (Å²) in [4.78, 5) is 21.3. The number of piperidine rings is 1. The van der Waals surface area contributed by atoms with E-state index in [1.54, 1.807) is 12.4 Å². The first-order chi connectivity index (χ1) is 7.33. The topological polar surface area (TPSA) is 46.1 Å². The Morgan fingerprint density at radius 2 is 2.20 bits per heavy atom. The van der Waals surface area contributed by atoms with Crippen molar-refractivity contribution >= 4 is 12.1 Å². The SMILES string of the molecule is CC1CCCCN1c1nccnc1C=O. The molecular formula is C11H15N3O. The van der Waals surface area contributed by atoms with E-state index in [9.17, 15) is 4.79 Å². The van der Waals surface area contributed by atoms with Crippen LogP contribution in [0.25, 0.3) is 0 Å². The van der Waals surface area contributed by atoms with Crippen LogP contribution in [0.3, 0.4) is 0 Å². The van der Waals surface area contributed by atoms with Gasteiger partial charge in [0.15, 0.2) is 12.1 Å². The molecular weight excluding hydrogens is 190 g/mol. The van der Waals surface area contributed by atoms with Crippen LogP contribution in [0.2, 0.25) is 0 Å². The Morgan fingerprint density at radius 3 is 2.93 bits per heavy atom. The average Bonchev–Trinajstić information content (AvgIpc) is 2.30. The van der Waals surface area contributed by atoms with E-state index < -0.39 is 0 Å². The number of hydrogen-bond donors (Lipinski definition) is 0. The zero-order valence-electron chi connectivity index (χ0n) is 8.89. The molecule has 80 valence electrons. The molecule has 15 heavy (non-hydrogen) atoms. The molecule has 0 radical (unpaired) electrons.